The van der Waals surface area contributed by atoms with Gasteiger partial charge in [0.15, 0.2) is 0 Å². The number of nitrogens with one attached hydrogen (secondary N) is 1. The lowest BCUT2D eigenvalue weighted by molar-refractivity contribution is -0.119. The Morgan fingerprint density at radius 2 is 2.19 bits per heavy atom. The number of rotatable bonds is 8. The third-order valence-corrected chi connectivity index (χ3v) is 3.53. The van der Waals surface area contributed by atoms with Crippen molar-refractivity contribution in [1.29, 1.82) is 0 Å². The minimum absolute atomic E-state index is 0.0202. The molecule has 1 aromatic carbocycles. The third-order valence-electron chi connectivity index (χ3n) is 3.23. The first-order valence-corrected chi connectivity index (χ1v) is 8.43. The van der Waals surface area contributed by atoms with Gasteiger partial charge in [-0.25, -0.2) is 9.37 Å². The van der Waals surface area contributed by atoms with Crippen LogP contribution in [-0.4, -0.2) is 30.2 Å². The van der Waals surface area contributed by atoms with Crippen LogP contribution >= 0.6 is 11.6 Å². The summed E-state index contributed by atoms with van der Waals surface area (Å²) in [5.41, 5.74) is 0.871. The summed E-state index contributed by atoms with van der Waals surface area (Å²) >= 11 is 6.14. The van der Waals surface area contributed by atoms with Crippen LogP contribution in [0.4, 0.5) is 4.39 Å². The smallest absolute Gasteiger partial charge is 0.219 e. The lowest BCUT2D eigenvalue weighted by atomic mass is 10.2. The Hall–Kier alpha value is -2.60. The predicted octanol–water partition coefficient (Wildman–Crippen LogP) is 4.41. The highest BCUT2D eigenvalue weighted by molar-refractivity contribution is 6.32. The molecule has 0 aliphatic rings. The zero-order chi connectivity index (χ0) is 18.9. The van der Waals surface area contributed by atoms with E-state index >= 15 is 0 Å². The van der Waals surface area contributed by atoms with Gasteiger partial charge in [0.05, 0.1) is 5.02 Å². The molecule has 138 valence electrons. The van der Waals surface area contributed by atoms with Crippen molar-refractivity contribution in [2.24, 2.45) is 0 Å². The molecule has 0 fully saturated rings. The summed E-state index contributed by atoms with van der Waals surface area (Å²) in [6, 6.07) is 8.34. The molecule has 1 aromatic heterocycles. The number of halogens is 2. The van der Waals surface area contributed by atoms with Crippen LogP contribution in [0.15, 0.2) is 42.6 Å². The highest BCUT2D eigenvalue weighted by atomic mass is 35.5. The molecule has 2 aromatic rings. The van der Waals surface area contributed by atoms with E-state index in [1.807, 2.05) is 25.1 Å². The number of hydrogen-bond donors (Lipinski definition) is 1. The molecule has 7 heteroatoms. The fourth-order valence-corrected chi connectivity index (χ4v) is 2.31. The van der Waals surface area contributed by atoms with E-state index in [4.69, 9.17) is 21.1 Å². The van der Waals surface area contributed by atoms with Gasteiger partial charge in [0.1, 0.15) is 24.8 Å². The molecule has 0 bridgehead atoms. The van der Waals surface area contributed by atoms with Crippen molar-refractivity contribution in [3.8, 4) is 17.4 Å². The van der Waals surface area contributed by atoms with Gasteiger partial charge in [-0.15, -0.1) is 0 Å². The van der Waals surface area contributed by atoms with Crippen LogP contribution in [0.25, 0.3) is 6.08 Å². The standard InChI is InChI=1S/C19H20ClFN2O3/c1-13(23-14(2)24)3-4-15-5-8-19(22-12-15)26-18-7-6-16(11-17(18)20)25-10-9-21/h3-8,11-13H,9-10H2,1-2H3,(H,23,24)/b4-3+/t13-/m0/s1. The second-order valence-corrected chi connectivity index (χ2v) is 5.92. The fourth-order valence-electron chi connectivity index (χ4n) is 2.10. The van der Waals surface area contributed by atoms with Crippen molar-refractivity contribution in [2.45, 2.75) is 19.9 Å². The predicted molar refractivity (Wildman–Crippen MR) is 99.5 cm³/mol. The second kappa shape index (κ2) is 9.77. The van der Waals surface area contributed by atoms with Gasteiger partial charge in [-0.05, 0) is 30.7 Å². The lowest BCUT2D eigenvalue weighted by Gasteiger charge is -2.09. The highest BCUT2D eigenvalue weighted by Gasteiger charge is 2.06. The molecule has 5 nitrogen and oxygen atoms in total. The average molecular weight is 379 g/mol. The van der Waals surface area contributed by atoms with Gasteiger partial charge in [-0.1, -0.05) is 23.8 Å². The summed E-state index contributed by atoms with van der Waals surface area (Å²) < 4.78 is 22.9. The summed E-state index contributed by atoms with van der Waals surface area (Å²) in [7, 11) is 0. The van der Waals surface area contributed by atoms with Crippen LogP contribution in [-0.2, 0) is 4.79 Å². The Labute approximate surface area is 156 Å². The molecule has 26 heavy (non-hydrogen) atoms. The Morgan fingerprint density at radius 1 is 1.38 bits per heavy atom. The number of benzene rings is 1. The Balaban J connectivity index is 1.98. The number of ether oxygens (including phenoxy) is 2. The number of pyridine rings is 1. The van der Waals surface area contributed by atoms with Crippen molar-refractivity contribution < 1.29 is 18.7 Å². The van der Waals surface area contributed by atoms with Crippen LogP contribution in [0.2, 0.25) is 5.02 Å². The summed E-state index contributed by atoms with van der Waals surface area (Å²) in [4.78, 5) is 15.2. The van der Waals surface area contributed by atoms with Crippen LogP contribution < -0.4 is 14.8 Å². The molecule has 0 radical (unpaired) electrons. The normalized spacial score (nSPS) is 12.0. The molecule has 1 amide bonds. The number of hydrogen-bond acceptors (Lipinski definition) is 4. The average Bonchev–Trinajstić information content (AvgIpc) is 2.61. The first kappa shape index (κ1) is 19.7. The van der Waals surface area contributed by atoms with E-state index < -0.39 is 6.67 Å². The fraction of sp³-hybridized carbons (Fsp3) is 0.263. The molecule has 0 aliphatic carbocycles. The van der Waals surface area contributed by atoms with Crippen LogP contribution in [0.3, 0.4) is 0 Å². The van der Waals surface area contributed by atoms with Gasteiger partial charge in [-0.3, -0.25) is 4.79 Å². The number of carbonyl (C=O) groups is 1. The maximum absolute atomic E-state index is 12.1. The Morgan fingerprint density at radius 3 is 2.81 bits per heavy atom. The van der Waals surface area contributed by atoms with Crippen LogP contribution in [0.5, 0.6) is 17.4 Å². The van der Waals surface area contributed by atoms with E-state index in [0.717, 1.165) is 5.56 Å². The molecule has 0 unspecified atom stereocenters. The van der Waals surface area contributed by atoms with E-state index in [-0.39, 0.29) is 18.6 Å². The minimum Gasteiger partial charge on any atom is -0.491 e. The molecular weight excluding hydrogens is 359 g/mol. The van der Waals surface area contributed by atoms with Gasteiger partial charge >= 0.3 is 0 Å². The Bertz CT molecular complexity index is 766. The molecule has 1 N–H and O–H groups in total. The Kier molecular flexibility index (Phi) is 7.41. The molecule has 1 heterocycles. The van der Waals surface area contributed by atoms with Crippen LogP contribution in [0, 0.1) is 0 Å². The largest absolute Gasteiger partial charge is 0.491 e. The van der Waals surface area contributed by atoms with Gasteiger partial charge in [0.25, 0.3) is 0 Å². The number of alkyl halides is 1. The van der Waals surface area contributed by atoms with E-state index in [9.17, 15) is 9.18 Å². The minimum atomic E-state index is -0.565. The first-order valence-electron chi connectivity index (χ1n) is 8.05. The topological polar surface area (TPSA) is 60.5 Å². The molecule has 2 rings (SSSR count). The second-order valence-electron chi connectivity index (χ2n) is 5.51. The summed E-state index contributed by atoms with van der Waals surface area (Å²) in [6.45, 7) is 2.77. The molecular formula is C19H20ClFN2O3. The summed E-state index contributed by atoms with van der Waals surface area (Å²) in [5.74, 6) is 1.20. The summed E-state index contributed by atoms with van der Waals surface area (Å²) in [5, 5.41) is 3.11. The van der Waals surface area contributed by atoms with E-state index in [1.165, 1.54) is 6.92 Å². The third kappa shape index (κ3) is 6.37. The molecule has 0 aliphatic heterocycles. The molecule has 0 spiro atoms. The van der Waals surface area contributed by atoms with Crippen molar-refractivity contribution in [1.82, 2.24) is 10.3 Å². The molecule has 1 atom stereocenters. The number of amides is 1. The van der Waals surface area contributed by atoms with Gasteiger partial charge < -0.3 is 14.8 Å². The van der Waals surface area contributed by atoms with Gasteiger partial charge in [-0.2, -0.15) is 0 Å². The first-order chi connectivity index (χ1) is 12.5. The van der Waals surface area contributed by atoms with Gasteiger partial charge in [0.2, 0.25) is 11.8 Å². The van der Waals surface area contributed by atoms with E-state index in [1.54, 1.807) is 30.5 Å². The molecule has 0 saturated heterocycles. The maximum Gasteiger partial charge on any atom is 0.219 e. The lowest BCUT2D eigenvalue weighted by Crippen LogP contribution is -2.28. The zero-order valence-corrected chi connectivity index (χ0v) is 15.3. The van der Waals surface area contributed by atoms with Crippen molar-refractivity contribution in [2.75, 3.05) is 13.3 Å². The number of nitrogens with zero attached hydrogens (tertiary/aromatic N) is 1. The monoisotopic (exact) mass is 378 g/mol. The van der Waals surface area contributed by atoms with Crippen molar-refractivity contribution in [3.63, 3.8) is 0 Å². The number of aromatic nitrogens is 1. The quantitative estimate of drug-likeness (QED) is 0.739. The van der Waals surface area contributed by atoms with E-state index in [0.29, 0.717) is 22.4 Å². The zero-order valence-electron chi connectivity index (χ0n) is 14.5. The van der Waals surface area contributed by atoms with Crippen molar-refractivity contribution in [3.05, 3.63) is 53.2 Å². The van der Waals surface area contributed by atoms with E-state index in [2.05, 4.69) is 10.3 Å². The summed E-state index contributed by atoms with van der Waals surface area (Å²) in [6.07, 6.45) is 5.38. The highest BCUT2D eigenvalue weighted by Crippen LogP contribution is 2.31. The SMILES string of the molecule is CC(=O)N[C@@H](C)/C=C/c1ccc(Oc2ccc(OCCF)cc2Cl)nc1. The maximum atomic E-state index is 12.1. The van der Waals surface area contributed by atoms with Crippen molar-refractivity contribution >= 4 is 23.6 Å². The van der Waals surface area contributed by atoms with Gasteiger partial charge in [0, 0.05) is 31.3 Å². The van der Waals surface area contributed by atoms with Crippen LogP contribution in [0.1, 0.15) is 19.4 Å². The molecule has 0 saturated carbocycles. The number of carbonyl (C=O) groups excluding carboxylic acids is 1.